The third-order valence-corrected chi connectivity index (χ3v) is 4.67. The number of H-pyrrole nitrogens is 1. The maximum atomic E-state index is 5.97. The molecule has 8 heteroatoms. The summed E-state index contributed by atoms with van der Waals surface area (Å²) in [6.07, 6.45) is 1.68. The first-order chi connectivity index (χ1) is 14.8. The number of methoxy groups -OCH3 is 1. The number of pyridine rings is 1. The number of hydrogen-bond acceptors (Lipinski definition) is 7. The molecule has 1 aliphatic heterocycles. The third kappa shape index (κ3) is 3.50. The van der Waals surface area contributed by atoms with Crippen molar-refractivity contribution >= 4 is 0 Å². The minimum atomic E-state index is 0.241. The Bertz CT molecular complexity index is 1190. The average Bonchev–Trinajstić information content (AvgIpc) is 3.47. The lowest BCUT2D eigenvalue weighted by Crippen LogP contribution is -1.99. The van der Waals surface area contributed by atoms with E-state index >= 15 is 0 Å². The number of hydrogen-bond donors (Lipinski definition) is 1. The predicted molar refractivity (Wildman–Crippen MR) is 108 cm³/mol. The molecular formula is C22H18N4O4. The predicted octanol–water partition coefficient (Wildman–Crippen LogP) is 3.85. The van der Waals surface area contributed by atoms with Crippen LogP contribution in [-0.2, 0) is 6.61 Å². The average molecular weight is 402 g/mol. The highest BCUT2D eigenvalue weighted by molar-refractivity contribution is 5.65. The van der Waals surface area contributed by atoms with Crippen molar-refractivity contribution in [2.75, 3.05) is 13.9 Å². The van der Waals surface area contributed by atoms with Gasteiger partial charge in [-0.25, -0.2) is 4.98 Å². The van der Waals surface area contributed by atoms with Gasteiger partial charge in [0, 0.05) is 11.8 Å². The van der Waals surface area contributed by atoms with E-state index in [4.69, 9.17) is 18.9 Å². The number of ether oxygens (including phenoxy) is 4. The van der Waals surface area contributed by atoms with Crippen LogP contribution in [-0.4, -0.2) is 34.1 Å². The van der Waals surface area contributed by atoms with Gasteiger partial charge in [-0.1, -0.05) is 18.2 Å². The van der Waals surface area contributed by atoms with Gasteiger partial charge in [-0.3, -0.25) is 0 Å². The van der Waals surface area contributed by atoms with Crippen molar-refractivity contribution in [3.05, 3.63) is 66.4 Å². The summed E-state index contributed by atoms with van der Waals surface area (Å²) in [5, 5.41) is 8.54. The molecule has 0 bridgehead atoms. The van der Waals surface area contributed by atoms with E-state index in [0.29, 0.717) is 24.1 Å². The van der Waals surface area contributed by atoms with Crippen molar-refractivity contribution in [3.8, 4) is 45.9 Å². The van der Waals surface area contributed by atoms with Crippen molar-refractivity contribution in [1.82, 2.24) is 20.2 Å². The van der Waals surface area contributed by atoms with Gasteiger partial charge in [-0.2, -0.15) is 0 Å². The van der Waals surface area contributed by atoms with Gasteiger partial charge < -0.3 is 23.9 Å². The molecule has 3 heterocycles. The Balaban J connectivity index is 1.38. The van der Waals surface area contributed by atoms with Gasteiger partial charge in [-0.15, -0.1) is 10.2 Å². The highest BCUT2D eigenvalue weighted by Gasteiger charge is 2.16. The van der Waals surface area contributed by atoms with Gasteiger partial charge in [0.15, 0.2) is 23.1 Å². The largest absolute Gasteiger partial charge is 0.497 e. The molecule has 0 saturated heterocycles. The summed E-state index contributed by atoms with van der Waals surface area (Å²) in [7, 11) is 1.63. The molecule has 150 valence electrons. The van der Waals surface area contributed by atoms with Crippen LogP contribution in [0.3, 0.4) is 0 Å². The molecule has 4 aromatic rings. The summed E-state index contributed by atoms with van der Waals surface area (Å²) >= 11 is 0. The summed E-state index contributed by atoms with van der Waals surface area (Å²) < 4.78 is 22.0. The van der Waals surface area contributed by atoms with E-state index in [9.17, 15) is 0 Å². The molecule has 0 aliphatic carbocycles. The smallest absolute Gasteiger partial charge is 0.231 e. The summed E-state index contributed by atoms with van der Waals surface area (Å²) in [5.41, 5.74) is 2.55. The molecule has 1 N–H and O–H groups in total. The van der Waals surface area contributed by atoms with Crippen LogP contribution in [0.1, 0.15) is 5.56 Å². The van der Waals surface area contributed by atoms with E-state index in [0.717, 1.165) is 33.9 Å². The number of aromatic nitrogens is 4. The van der Waals surface area contributed by atoms with Gasteiger partial charge in [0.25, 0.3) is 0 Å². The summed E-state index contributed by atoms with van der Waals surface area (Å²) in [6, 6.07) is 17.0. The molecule has 0 unspecified atom stereocenters. The van der Waals surface area contributed by atoms with Gasteiger partial charge in [0.2, 0.25) is 12.7 Å². The Morgan fingerprint density at radius 3 is 2.80 bits per heavy atom. The molecule has 5 rings (SSSR count). The Labute approximate surface area is 172 Å². The Morgan fingerprint density at radius 2 is 1.87 bits per heavy atom. The second-order valence-electron chi connectivity index (χ2n) is 6.59. The quantitative estimate of drug-likeness (QED) is 0.524. The molecule has 8 nitrogen and oxygen atoms in total. The number of rotatable bonds is 6. The zero-order chi connectivity index (χ0) is 20.3. The van der Waals surface area contributed by atoms with Crippen LogP contribution in [0.15, 0.2) is 60.8 Å². The fraction of sp³-hybridized carbons (Fsp3) is 0.136. The fourth-order valence-electron chi connectivity index (χ4n) is 3.15. The van der Waals surface area contributed by atoms with E-state index < -0.39 is 0 Å². The molecule has 2 aromatic heterocycles. The van der Waals surface area contributed by atoms with Crippen molar-refractivity contribution in [2.45, 2.75) is 6.61 Å². The first kappa shape index (κ1) is 18.0. The lowest BCUT2D eigenvalue weighted by molar-refractivity contribution is 0.174. The zero-order valence-electron chi connectivity index (χ0n) is 16.2. The number of aromatic amines is 1. The monoisotopic (exact) mass is 402 g/mol. The zero-order valence-corrected chi connectivity index (χ0v) is 16.2. The van der Waals surface area contributed by atoms with Crippen LogP contribution in [0.5, 0.6) is 23.1 Å². The number of benzene rings is 2. The first-order valence-corrected chi connectivity index (χ1v) is 9.34. The first-order valence-electron chi connectivity index (χ1n) is 9.34. The normalized spacial score (nSPS) is 12.0. The van der Waals surface area contributed by atoms with Crippen molar-refractivity contribution in [2.24, 2.45) is 0 Å². The molecular weight excluding hydrogens is 384 g/mol. The molecule has 0 atom stereocenters. The summed E-state index contributed by atoms with van der Waals surface area (Å²) in [6.45, 7) is 0.572. The van der Waals surface area contributed by atoms with Crippen molar-refractivity contribution < 1.29 is 18.9 Å². The van der Waals surface area contributed by atoms with Crippen LogP contribution in [0.2, 0.25) is 0 Å². The SMILES string of the molecule is COc1cccc(-c2nnc(-c3cccnc3OCc3ccc4c(c3)OCO4)[nH]2)c1. The van der Waals surface area contributed by atoms with E-state index in [2.05, 4.69) is 20.2 Å². The lowest BCUT2D eigenvalue weighted by atomic mass is 10.2. The van der Waals surface area contributed by atoms with E-state index in [-0.39, 0.29) is 6.79 Å². The number of nitrogens with one attached hydrogen (secondary N) is 1. The molecule has 0 amide bonds. The second-order valence-corrected chi connectivity index (χ2v) is 6.59. The van der Waals surface area contributed by atoms with Gasteiger partial charge >= 0.3 is 0 Å². The maximum absolute atomic E-state index is 5.97. The highest BCUT2D eigenvalue weighted by Crippen LogP contribution is 2.33. The molecule has 0 spiro atoms. The fourth-order valence-corrected chi connectivity index (χ4v) is 3.15. The van der Waals surface area contributed by atoms with Crippen molar-refractivity contribution in [1.29, 1.82) is 0 Å². The number of nitrogens with zero attached hydrogens (tertiary/aromatic N) is 3. The lowest BCUT2D eigenvalue weighted by Gasteiger charge is -2.09. The van der Waals surface area contributed by atoms with Crippen LogP contribution in [0.4, 0.5) is 0 Å². The Morgan fingerprint density at radius 1 is 0.967 bits per heavy atom. The van der Waals surface area contributed by atoms with E-state index in [1.807, 2.05) is 54.6 Å². The van der Waals surface area contributed by atoms with Gasteiger partial charge in [0.1, 0.15) is 12.4 Å². The van der Waals surface area contributed by atoms with Crippen molar-refractivity contribution in [3.63, 3.8) is 0 Å². The maximum Gasteiger partial charge on any atom is 0.231 e. The highest BCUT2D eigenvalue weighted by atomic mass is 16.7. The standard InChI is InChI=1S/C22H18N4O4/c1-27-16-5-2-4-15(11-16)20-24-21(26-25-20)17-6-3-9-23-22(17)28-12-14-7-8-18-19(10-14)30-13-29-18/h2-11H,12-13H2,1H3,(H,24,25,26). The second kappa shape index (κ2) is 7.75. The van der Waals surface area contributed by atoms with E-state index in [1.165, 1.54) is 0 Å². The van der Waals surface area contributed by atoms with Gasteiger partial charge in [0.05, 0.1) is 12.7 Å². The Kier molecular flexibility index (Phi) is 4.65. The van der Waals surface area contributed by atoms with Crippen LogP contribution < -0.4 is 18.9 Å². The molecule has 0 saturated carbocycles. The minimum absolute atomic E-state index is 0.241. The molecule has 0 radical (unpaired) electrons. The van der Waals surface area contributed by atoms with Gasteiger partial charge in [-0.05, 0) is 42.0 Å². The topological polar surface area (TPSA) is 91.4 Å². The molecule has 30 heavy (non-hydrogen) atoms. The van der Waals surface area contributed by atoms with E-state index in [1.54, 1.807) is 13.3 Å². The number of fused-ring (bicyclic) bond motifs is 1. The van der Waals surface area contributed by atoms with Crippen LogP contribution in [0.25, 0.3) is 22.8 Å². The molecule has 2 aromatic carbocycles. The molecule has 0 fully saturated rings. The summed E-state index contributed by atoms with van der Waals surface area (Å²) in [4.78, 5) is 7.60. The third-order valence-electron chi connectivity index (χ3n) is 4.67. The van der Waals surface area contributed by atoms with Crippen LogP contribution in [0, 0.1) is 0 Å². The van der Waals surface area contributed by atoms with Crippen LogP contribution >= 0.6 is 0 Å². The molecule has 1 aliphatic rings. The Hall–Kier alpha value is -4.07. The summed E-state index contributed by atoms with van der Waals surface area (Å²) in [5.74, 6) is 3.87. The minimum Gasteiger partial charge on any atom is -0.497 e.